The standard InChI is InChI=1S/C28H25N3O6/c1-18(32)37-22-7-4-6-20(16-22)26(34)29-17-19-11-13-21(14-12-19)30-25(33)10-5-15-31-27(35)23-8-2-3-9-24(23)28(31)36/h2-4,6-9,11-14,16H,5,10,15,17H2,1H3,(H,29,34)(H,30,33). The van der Waals surface area contributed by atoms with Gasteiger partial charge in [0.2, 0.25) is 5.91 Å². The first-order chi connectivity index (χ1) is 17.8. The van der Waals surface area contributed by atoms with Crippen molar-refractivity contribution in [2.24, 2.45) is 0 Å². The van der Waals surface area contributed by atoms with Crippen molar-refractivity contribution in [3.8, 4) is 5.75 Å². The number of amides is 4. The van der Waals surface area contributed by atoms with Gasteiger partial charge in [0.15, 0.2) is 0 Å². The zero-order valence-corrected chi connectivity index (χ0v) is 20.2. The number of imide groups is 1. The average molecular weight is 500 g/mol. The first kappa shape index (κ1) is 25.3. The molecule has 0 spiro atoms. The van der Waals surface area contributed by atoms with E-state index in [-0.39, 0.29) is 43.1 Å². The number of benzene rings is 3. The molecule has 188 valence electrons. The molecule has 0 saturated carbocycles. The van der Waals surface area contributed by atoms with Crippen LogP contribution in [0.15, 0.2) is 72.8 Å². The maximum absolute atomic E-state index is 12.4. The second-order valence-electron chi connectivity index (χ2n) is 8.46. The molecular formula is C28H25N3O6. The second-order valence-corrected chi connectivity index (χ2v) is 8.46. The molecule has 4 rings (SSSR count). The Morgan fingerprint density at radius 2 is 1.54 bits per heavy atom. The number of nitrogens with zero attached hydrogens (tertiary/aromatic N) is 1. The largest absolute Gasteiger partial charge is 0.427 e. The molecule has 0 saturated heterocycles. The molecular weight excluding hydrogens is 474 g/mol. The van der Waals surface area contributed by atoms with E-state index < -0.39 is 5.97 Å². The van der Waals surface area contributed by atoms with Crippen LogP contribution in [-0.2, 0) is 16.1 Å². The molecule has 3 aromatic carbocycles. The Morgan fingerprint density at radius 1 is 0.865 bits per heavy atom. The Kier molecular flexibility index (Phi) is 7.73. The lowest BCUT2D eigenvalue weighted by Crippen LogP contribution is -2.31. The highest BCUT2D eigenvalue weighted by Gasteiger charge is 2.34. The number of hydrogen-bond donors (Lipinski definition) is 2. The fourth-order valence-electron chi connectivity index (χ4n) is 3.92. The van der Waals surface area contributed by atoms with Gasteiger partial charge < -0.3 is 15.4 Å². The molecule has 0 aliphatic carbocycles. The summed E-state index contributed by atoms with van der Waals surface area (Å²) in [5, 5.41) is 5.59. The molecule has 9 heteroatoms. The third kappa shape index (κ3) is 6.26. The number of carbonyl (C=O) groups is 5. The third-order valence-electron chi connectivity index (χ3n) is 5.71. The van der Waals surface area contributed by atoms with Gasteiger partial charge in [0.25, 0.3) is 17.7 Å². The molecule has 2 N–H and O–H groups in total. The highest BCUT2D eigenvalue weighted by atomic mass is 16.5. The molecule has 0 bridgehead atoms. The van der Waals surface area contributed by atoms with E-state index in [2.05, 4.69) is 10.6 Å². The minimum Gasteiger partial charge on any atom is -0.427 e. The van der Waals surface area contributed by atoms with Crippen LogP contribution >= 0.6 is 0 Å². The summed E-state index contributed by atoms with van der Waals surface area (Å²) in [5.41, 5.74) is 2.57. The number of hydrogen-bond acceptors (Lipinski definition) is 6. The van der Waals surface area contributed by atoms with E-state index in [9.17, 15) is 24.0 Å². The van der Waals surface area contributed by atoms with Crippen LogP contribution in [0.5, 0.6) is 5.75 Å². The highest BCUT2D eigenvalue weighted by Crippen LogP contribution is 2.22. The summed E-state index contributed by atoms with van der Waals surface area (Å²) in [6.45, 7) is 1.73. The van der Waals surface area contributed by atoms with Crippen molar-refractivity contribution in [2.75, 3.05) is 11.9 Å². The van der Waals surface area contributed by atoms with Gasteiger partial charge in [0.1, 0.15) is 5.75 Å². The predicted octanol–water partition coefficient (Wildman–Crippen LogP) is 3.56. The molecule has 0 atom stereocenters. The molecule has 4 amide bonds. The van der Waals surface area contributed by atoms with Crippen LogP contribution in [0.3, 0.4) is 0 Å². The summed E-state index contributed by atoms with van der Waals surface area (Å²) < 4.78 is 5.00. The van der Waals surface area contributed by atoms with Gasteiger partial charge in [-0.2, -0.15) is 0 Å². The van der Waals surface area contributed by atoms with Gasteiger partial charge in [-0.25, -0.2) is 0 Å². The average Bonchev–Trinajstić information content (AvgIpc) is 3.13. The maximum Gasteiger partial charge on any atom is 0.308 e. The normalized spacial score (nSPS) is 12.2. The number of ether oxygens (including phenoxy) is 1. The van der Waals surface area contributed by atoms with Gasteiger partial charge in [0, 0.05) is 37.7 Å². The van der Waals surface area contributed by atoms with E-state index in [4.69, 9.17) is 4.74 Å². The van der Waals surface area contributed by atoms with Crippen LogP contribution < -0.4 is 15.4 Å². The Balaban J connectivity index is 1.21. The van der Waals surface area contributed by atoms with Crippen LogP contribution in [0.1, 0.15) is 56.4 Å². The van der Waals surface area contributed by atoms with E-state index in [1.54, 1.807) is 66.7 Å². The summed E-state index contributed by atoms with van der Waals surface area (Å²) in [6, 6.07) is 20.0. The van der Waals surface area contributed by atoms with E-state index in [1.807, 2.05) is 0 Å². The van der Waals surface area contributed by atoms with Crippen LogP contribution in [0.4, 0.5) is 5.69 Å². The predicted molar refractivity (Wildman–Crippen MR) is 135 cm³/mol. The molecule has 1 aliphatic heterocycles. The highest BCUT2D eigenvalue weighted by molar-refractivity contribution is 6.21. The quantitative estimate of drug-likeness (QED) is 0.264. The number of rotatable bonds is 9. The third-order valence-corrected chi connectivity index (χ3v) is 5.71. The lowest BCUT2D eigenvalue weighted by molar-refractivity contribution is -0.131. The molecule has 0 radical (unpaired) electrons. The summed E-state index contributed by atoms with van der Waals surface area (Å²) in [5.74, 6) is -1.38. The van der Waals surface area contributed by atoms with E-state index in [0.29, 0.717) is 34.5 Å². The topological polar surface area (TPSA) is 122 Å². The molecule has 3 aromatic rings. The Morgan fingerprint density at radius 3 is 2.19 bits per heavy atom. The van der Waals surface area contributed by atoms with Gasteiger partial charge >= 0.3 is 5.97 Å². The number of anilines is 1. The summed E-state index contributed by atoms with van der Waals surface area (Å²) in [6.07, 6.45) is 0.498. The van der Waals surface area contributed by atoms with Crippen LogP contribution in [-0.4, -0.2) is 41.0 Å². The minimum atomic E-state index is -0.465. The molecule has 37 heavy (non-hydrogen) atoms. The van der Waals surface area contributed by atoms with Gasteiger partial charge in [0.05, 0.1) is 11.1 Å². The van der Waals surface area contributed by atoms with Crippen molar-refractivity contribution in [1.82, 2.24) is 10.2 Å². The smallest absolute Gasteiger partial charge is 0.308 e. The first-order valence-corrected chi connectivity index (χ1v) is 11.7. The molecule has 0 aromatic heterocycles. The number of fused-ring (bicyclic) bond motifs is 1. The lowest BCUT2D eigenvalue weighted by Gasteiger charge is -2.13. The van der Waals surface area contributed by atoms with Crippen molar-refractivity contribution in [3.63, 3.8) is 0 Å². The summed E-state index contributed by atoms with van der Waals surface area (Å²) in [4.78, 5) is 61.8. The lowest BCUT2D eigenvalue weighted by atomic mass is 10.1. The second kappa shape index (κ2) is 11.3. The summed E-state index contributed by atoms with van der Waals surface area (Å²) in [7, 11) is 0. The van der Waals surface area contributed by atoms with Crippen molar-refractivity contribution in [2.45, 2.75) is 26.3 Å². The summed E-state index contributed by atoms with van der Waals surface area (Å²) >= 11 is 0. The molecule has 0 fully saturated rings. The number of carbonyl (C=O) groups excluding carboxylic acids is 5. The van der Waals surface area contributed by atoms with Gasteiger partial charge in [-0.3, -0.25) is 28.9 Å². The van der Waals surface area contributed by atoms with Crippen LogP contribution in [0.25, 0.3) is 0 Å². The van der Waals surface area contributed by atoms with Crippen LogP contribution in [0, 0.1) is 0 Å². The monoisotopic (exact) mass is 499 g/mol. The molecule has 9 nitrogen and oxygen atoms in total. The van der Waals surface area contributed by atoms with Crippen LogP contribution in [0.2, 0.25) is 0 Å². The fourth-order valence-corrected chi connectivity index (χ4v) is 3.92. The van der Waals surface area contributed by atoms with Crippen molar-refractivity contribution < 1.29 is 28.7 Å². The van der Waals surface area contributed by atoms with E-state index >= 15 is 0 Å². The Labute approximate surface area is 213 Å². The van der Waals surface area contributed by atoms with Gasteiger partial charge in [-0.1, -0.05) is 30.3 Å². The Bertz CT molecular complexity index is 1330. The molecule has 1 heterocycles. The minimum absolute atomic E-state index is 0.150. The maximum atomic E-state index is 12.4. The zero-order valence-electron chi connectivity index (χ0n) is 20.2. The van der Waals surface area contributed by atoms with Gasteiger partial charge in [-0.15, -0.1) is 0 Å². The Hall–Kier alpha value is -4.79. The van der Waals surface area contributed by atoms with Crippen molar-refractivity contribution in [1.29, 1.82) is 0 Å². The van der Waals surface area contributed by atoms with Crippen molar-refractivity contribution in [3.05, 3.63) is 95.1 Å². The number of esters is 1. The van der Waals surface area contributed by atoms with Gasteiger partial charge in [-0.05, 0) is 54.4 Å². The number of nitrogens with one attached hydrogen (secondary N) is 2. The zero-order chi connectivity index (χ0) is 26.4. The SMILES string of the molecule is CC(=O)Oc1cccc(C(=O)NCc2ccc(NC(=O)CCCN3C(=O)c4ccccc4C3=O)cc2)c1. The van der Waals surface area contributed by atoms with E-state index in [0.717, 1.165) is 5.56 Å². The molecule has 1 aliphatic rings. The molecule has 0 unspecified atom stereocenters. The van der Waals surface area contributed by atoms with E-state index in [1.165, 1.54) is 17.9 Å². The van der Waals surface area contributed by atoms with Crippen molar-refractivity contribution >= 4 is 35.3 Å². The fraction of sp³-hybridized carbons (Fsp3) is 0.179. The first-order valence-electron chi connectivity index (χ1n) is 11.7.